The van der Waals surface area contributed by atoms with E-state index in [9.17, 15) is 33.2 Å². The predicted octanol–water partition coefficient (Wildman–Crippen LogP) is 8.67. The van der Waals surface area contributed by atoms with E-state index < -0.39 is 59.0 Å². The third kappa shape index (κ3) is 17.6. The van der Waals surface area contributed by atoms with Crippen molar-refractivity contribution in [3.05, 3.63) is 104 Å². The standard InChI is InChI=1S/C40H54N2O14P2.H3N/c1-4-6-8-10-12-14-37(43)54-33-20-16-31(17-21-33)27-51-58(49,52-28-32-18-22-34(23-19-32)55-38(44)15-13-11-9-7-5-2)56-57(47,48)50-29-35-24-25-36(53-35)42-26-30(3)39(45)41-40(42)46;/h16-26,35-36H,4-15,27-29H2,1-3H3,(H,47,48)(H,41,45,46);1H3/t35-,36+;/m0./s1. The lowest BCUT2D eigenvalue weighted by Gasteiger charge is -2.22. The Labute approximate surface area is 344 Å². The first-order valence-electron chi connectivity index (χ1n) is 19.6. The van der Waals surface area contributed by atoms with Crippen molar-refractivity contribution in [3.63, 3.8) is 0 Å². The maximum absolute atomic E-state index is 13.9. The maximum atomic E-state index is 13.9. The Kier molecular flexibility index (Phi) is 20.8. The second-order valence-electron chi connectivity index (χ2n) is 13.8. The van der Waals surface area contributed by atoms with E-state index in [1.165, 1.54) is 49.5 Å². The number of phosphoric acid groups is 2. The fourth-order valence-corrected chi connectivity index (χ4v) is 8.25. The highest BCUT2D eigenvalue weighted by atomic mass is 31.3. The summed E-state index contributed by atoms with van der Waals surface area (Å²) in [6.07, 6.45) is 12.9. The number of carbonyl (C=O) groups is 2. The van der Waals surface area contributed by atoms with Gasteiger partial charge in [0.2, 0.25) is 0 Å². The molecule has 0 bridgehead atoms. The summed E-state index contributed by atoms with van der Waals surface area (Å²) in [5.74, 6) is -0.107. The molecule has 1 aromatic heterocycles. The summed E-state index contributed by atoms with van der Waals surface area (Å²) in [4.78, 5) is 61.4. The fourth-order valence-electron chi connectivity index (χ4n) is 5.64. The molecule has 0 fully saturated rings. The van der Waals surface area contributed by atoms with E-state index in [0.717, 1.165) is 68.8 Å². The largest absolute Gasteiger partial charge is 0.484 e. The lowest BCUT2D eigenvalue weighted by Crippen LogP contribution is -2.33. The SMILES string of the molecule is CCCCCCCC(=O)Oc1ccc(COP(=O)(OCc2ccc(OC(=O)CCCCCCC)cc2)OP(=O)(O)OC[C@@H]2C=C[C@H](n3cc(C)c(=O)[nH]c3=O)O2)cc1.N. The number of carbonyl (C=O) groups excluding carboxylic acids is 2. The molecule has 17 nitrogen and oxygen atoms in total. The summed E-state index contributed by atoms with van der Waals surface area (Å²) in [6.45, 7) is 4.39. The molecule has 3 aromatic rings. The third-order valence-corrected chi connectivity index (χ3v) is 11.9. The zero-order valence-corrected chi connectivity index (χ0v) is 35.7. The van der Waals surface area contributed by atoms with Gasteiger partial charge in [0, 0.05) is 24.6 Å². The molecule has 5 N–H and O–H groups in total. The van der Waals surface area contributed by atoms with E-state index >= 15 is 0 Å². The molecule has 1 aliphatic heterocycles. The minimum absolute atomic E-state index is 0. The summed E-state index contributed by atoms with van der Waals surface area (Å²) in [7, 11) is -10.0. The molecule has 0 radical (unpaired) electrons. The van der Waals surface area contributed by atoms with E-state index in [4.69, 9.17) is 32.1 Å². The van der Waals surface area contributed by atoms with Crippen LogP contribution in [0.2, 0.25) is 0 Å². The van der Waals surface area contributed by atoms with Crippen LogP contribution in [0.5, 0.6) is 11.5 Å². The highest BCUT2D eigenvalue weighted by molar-refractivity contribution is 7.61. The zero-order valence-electron chi connectivity index (χ0n) is 33.9. The average molecular weight is 866 g/mol. The molecular formula is C40H57N3O14P2. The van der Waals surface area contributed by atoms with Crippen molar-refractivity contribution in [1.82, 2.24) is 15.7 Å². The molecular weight excluding hydrogens is 808 g/mol. The summed E-state index contributed by atoms with van der Waals surface area (Å²) in [6, 6.07) is 12.4. The van der Waals surface area contributed by atoms with Crippen molar-refractivity contribution in [2.75, 3.05) is 6.61 Å². The second kappa shape index (κ2) is 24.9. The molecule has 0 spiro atoms. The Balaban J connectivity index is 0.00000930. The van der Waals surface area contributed by atoms with Crippen LogP contribution >= 0.6 is 15.6 Å². The number of unbranched alkanes of at least 4 members (excludes halogenated alkanes) is 8. The topological polar surface area (TPSA) is 243 Å². The van der Waals surface area contributed by atoms with Crippen LogP contribution in [-0.4, -0.2) is 39.1 Å². The first-order valence-corrected chi connectivity index (χ1v) is 22.6. The van der Waals surface area contributed by atoms with Gasteiger partial charge in [0.15, 0.2) is 6.23 Å². The first-order chi connectivity index (χ1) is 27.8. The van der Waals surface area contributed by atoms with Crippen LogP contribution in [0.25, 0.3) is 0 Å². The number of aryl methyl sites for hydroxylation is 1. The highest BCUT2D eigenvalue weighted by Crippen LogP contribution is 2.64. The molecule has 0 amide bonds. The number of H-pyrrole nitrogens is 1. The van der Waals surface area contributed by atoms with Gasteiger partial charge in [0.1, 0.15) is 17.6 Å². The number of rotatable bonds is 26. The van der Waals surface area contributed by atoms with Gasteiger partial charge in [-0.25, -0.2) is 13.9 Å². The van der Waals surface area contributed by atoms with Crippen LogP contribution in [0.3, 0.4) is 0 Å². The summed E-state index contributed by atoms with van der Waals surface area (Å²) >= 11 is 0. The molecule has 1 aliphatic rings. The fraction of sp³-hybridized carbons (Fsp3) is 0.500. The van der Waals surface area contributed by atoms with Gasteiger partial charge in [-0.3, -0.25) is 37.5 Å². The van der Waals surface area contributed by atoms with Crippen molar-refractivity contribution in [3.8, 4) is 11.5 Å². The van der Waals surface area contributed by atoms with Gasteiger partial charge in [-0.2, -0.15) is 4.31 Å². The molecule has 326 valence electrons. The average Bonchev–Trinajstić information content (AvgIpc) is 3.67. The number of esters is 2. The van der Waals surface area contributed by atoms with Gasteiger partial charge < -0.3 is 25.3 Å². The number of nitrogens with one attached hydrogen (secondary N) is 1. The molecule has 1 unspecified atom stereocenters. The molecule has 4 rings (SSSR count). The molecule has 3 atom stereocenters. The zero-order chi connectivity index (χ0) is 42.0. The molecule has 2 aromatic carbocycles. The Bertz CT molecular complexity index is 1940. The van der Waals surface area contributed by atoms with Gasteiger partial charge in [-0.15, -0.1) is 0 Å². The van der Waals surface area contributed by atoms with Gasteiger partial charge in [0.25, 0.3) is 5.56 Å². The number of nitrogens with zero attached hydrogens (tertiary/aromatic N) is 1. The molecule has 59 heavy (non-hydrogen) atoms. The van der Waals surface area contributed by atoms with E-state index in [1.54, 1.807) is 24.3 Å². The Morgan fingerprint density at radius 3 is 1.73 bits per heavy atom. The van der Waals surface area contributed by atoms with Crippen molar-refractivity contribution in [2.45, 2.75) is 123 Å². The van der Waals surface area contributed by atoms with Crippen LogP contribution in [0.15, 0.2) is 76.5 Å². The number of hydrogen-bond acceptors (Lipinski definition) is 14. The van der Waals surface area contributed by atoms with Crippen LogP contribution in [0.1, 0.15) is 114 Å². The Hall–Kier alpha value is -4.02. The summed E-state index contributed by atoms with van der Waals surface area (Å²) < 4.78 is 65.9. The van der Waals surface area contributed by atoms with Crippen LogP contribution in [0, 0.1) is 6.92 Å². The van der Waals surface area contributed by atoms with E-state index in [2.05, 4.69) is 18.8 Å². The number of aromatic amines is 1. The van der Waals surface area contributed by atoms with Gasteiger partial charge in [0.05, 0.1) is 19.8 Å². The lowest BCUT2D eigenvalue weighted by atomic mass is 10.1. The van der Waals surface area contributed by atoms with Crippen molar-refractivity contribution < 1.29 is 55.7 Å². The van der Waals surface area contributed by atoms with Crippen LogP contribution in [0.4, 0.5) is 0 Å². The van der Waals surface area contributed by atoms with E-state index in [1.807, 2.05) is 0 Å². The summed E-state index contributed by atoms with van der Waals surface area (Å²) in [5, 5.41) is 0. The quantitative estimate of drug-likeness (QED) is 0.0225. The Morgan fingerprint density at radius 2 is 1.24 bits per heavy atom. The number of hydrogen-bond donors (Lipinski definition) is 3. The van der Waals surface area contributed by atoms with Gasteiger partial charge >= 0.3 is 33.3 Å². The van der Waals surface area contributed by atoms with Crippen LogP contribution in [-0.2, 0) is 54.6 Å². The normalized spacial score (nSPS) is 16.0. The minimum atomic E-state index is -5.16. The maximum Gasteiger partial charge on any atom is 0.484 e. The molecule has 0 saturated carbocycles. The minimum Gasteiger partial charge on any atom is -0.427 e. The molecule has 19 heteroatoms. The molecule has 0 saturated heterocycles. The number of ether oxygens (including phenoxy) is 3. The molecule has 0 aliphatic carbocycles. The Morgan fingerprint density at radius 1 is 0.746 bits per heavy atom. The van der Waals surface area contributed by atoms with Gasteiger partial charge in [-0.1, -0.05) is 95.6 Å². The molecule has 2 heterocycles. The van der Waals surface area contributed by atoms with Gasteiger partial charge in [-0.05, 0) is 61.2 Å². The van der Waals surface area contributed by atoms with E-state index in [0.29, 0.717) is 35.5 Å². The summed E-state index contributed by atoms with van der Waals surface area (Å²) in [5.41, 5.74) is -0.101. The number of phosphoric ester groups is 2. The lowest BCUT2D eigenvalue weighted by molar-refractivity contribution is -0.135. The van der Waals surface area contributed by atoms with Crippen molar-refractivity contribution in [2.24, 2.45) is 0 Å². The van der Waals surface area contributed by atoms with E-state index in [-0.39, 0.29) is 23.7 Å². The number of aromatic nitrogens is 2. The third-order valence-electron chi connectivity index (χ3n) is 8.89. The van der Waals surface area contributed by atoms with Crippen LogP contribution < -0.4 is 26.9 Å². The predicted molar refractivity (Wildman–Crippen MR) is 219 cm³/mol. The smallest absolute Gasteiger partial charge is 0.427 e. The monoisotopic (exact) mass is 865 g/mol. The second-order valence-corrected chi connectivity index (χ2v) is 17.1. The highest BCUT2D eigenvalue weighted by Gasteiger charge is 2.39. The van der Waals surface area contributed by atoms with Crippen molar-refractivity contribution in [1.29, 1.82) is 0 Å². The number of benzene rings is 2. The first kappa shape index (κ1) is 49.3. The van der Waals surface area contributed by atoms with Crippen molar-refractivity contribution >= 4 is 27.6 Å².